The lowest BCUT2D eigenvalue weighted by molar-refractivity contribution is 0.108. The van der Waals surface area contributed by atoms with E-state index in [1.807, 2.05) is 0 Å². The van der Waals surface area contributed by atoms with Crippen LogP contribution in [-0.2, 0) is 0 Å². The molecule has 2 aliphatic rings. The fraction of sp³-hybridized carbons (Fsp3) is 0.588. The van der Waals surface area contributed by atoms with Gasteiger partial charge < -0.3 is 9.64 Å². The van der Waals surface area contributed by atoms with Gasteiger partial charge in [-0.25, -0.2) is 0 Å². The number of hydrogen-bond acceptors (Lipinski definition) is 3. The molecule has 114 valence electrons. The van der Waals surface area contributed by atoms with Crippen LogP contribution >= 0.6 is 11.6 Å². The summed E-state index contributed by atoms with van der Waals surface area (Å²) in [6.07, 6.45) is 5.36. The largest absolute Gasteiger partial charge is 0.494 e. The highest BCUT2D eigenvalue weighted by Gasteiger charge is 2.35. The summed E-state index contributed by atoms with van der Waals surface area (Å²) in [5, 5.41) is -0.430. The molecule has 2 atom stereocenters. The molecule has 1 aromatic rings. The van der Waals surface area contributed by atoms with Crippen LogP contribution in [0.25, 0.3) is 0 Å². The molecule has 21 heavy (non-hydrogen) atoms. The van der Waals surface area contributed by atoms with Crippen molar-refractivity contribution >= 4 is 16.8 Å². The Bertz CT molecular complexity index is 476. The number of halogens is 1. The zero-order valence-corrected chi connectivity index (χ0v) is 13.0. The van der Waals surface area contributed by atoms with Crippen molar-refractivity contribution in [3.63, 3.8) is 0 Å². The van der Waals surface area contributed by atoms with Crippen LogP contribution in [-0.4, -0.2) is 36.4 Å². The normalized spacial score (nSPS) is 25.0. The maximum Gasteiger partial charge on any atom is 0.252 e. The first-order valence-electron chi connectivity index (χ1n) is 7.87. The van der Waals surface area contributed by atoms with Crippen molar-refractivity contribution in [3.8, 4) is 5.75 Å². The van der Waals surface area contributed by atoms with Gasteiger partial charge in [-0.15, -0.1) is 0 Å². The van der Waals surface area contributed by atoms with Gasteiger partial charge in [0.1, 0.15) is 5.75 Å². The van der Waals surface area contributed by atoms with Crippen molar-refractivity contribution in [3.05, 3.63) is 29.8 Å². The summed E-state index contributed by atoms with van der Waals surface area (Å²) in [5.41, 5.74) is 0.507. The van der Waals surface area contributed by atoms with Crippen molar-refractivity contribution in [1.82, 2.24) is 4.90 Å². The Morgan fingerprint density at radius 2 is 1.86 bits per heavy atom. The number of benzene rings is 1. The van der Waals surface area contributed by atoms with Gasteiger partial charge in [0.15, 0.2) is 0 Å². The van der Waals surface area contributed by atoms with Gasteiger partial charge in [-0.2, -0.15) is 0 Å². The third-order valence-electron chi connectivity index (χ3n) is 4.77. The zero-order chi connectivity index (χ0) is 14.7. The Morgan fingerprint density at radius 1 is 1.19 bits per heavy atom. The number of carbonyl (C=O) groups excluding carboxylic acids is 1. The van der Waals surface area contributed by atoms with Gasteiger partial charge in [0.25, 0.3) is 5.24 Å². The van der Waals surface area contributed by atoms with Crippen LogP contribution in [0.4, 0.5) is 0 Å². The highest BCUT2D eigenvalue weighted by atomic mass is 35.5. The third-order valence-corrected chi connectivity index (χ3v) is 4.99. The molecule has 4 heteroatoms. The molecule has 1 aliphatic carbocycles. The van der Waals surface area contributed by atoms with Crippen molar-refractivity contribution in [1.29, 1.82) is 0 Å². The summed E-state index contributed by atoms with van der Waals surface area (Å²) in [6.45, 7) is 4.43. The molecule has 1 saturated carbocycles. The molecule has 0 amide bonds. The van der Waals surface area contributed by atoms with E-state index in [-0.39, 0.29) is 0 Å². The van der Waals surface area contributed by atoms with Crippen LogP contribution in [0.15, 0.2) is 24.3 Å². The molecule has 0 spiro atoms. The fourth-order valence-electron chi connectivity index (χ4n) is 3.68. The molecule has 3 nitrogen and oxygen atoms in total. The number of carbonyl (C=O) groups is 1. The lowest BCUT2D eigenvalue weighted by Crippen LogP contribution is -2.24. The molecule has 1 saturated heterocycles. The molecule has 1 aliphatic heterocycles. The van der Waals surface area contributed by atoms with Crippen LogP contribution in [0.2, 0.25) is 0 Å². The zero-order valence-electron chi connectivity index (χ0n) is 12.3. The van der Waals surface area contributed by atoms with Gasteiger partial charge in [-0.3, -0.25) is 4.79 Å². The second-order valence-electron chi connectivity index (χ2n) is 6.21. The smallest absolute Gasteiger partial charge is 0.252 e. The fourth-order valence-corrected chi connectivity index (χ4v) is 3.80. The molecule has 1 heterocycles. The maximum absolute atomic E-state index is 11.0. The predicted molar refractivity (Wildman–Crippen MR) is 84.0 cm³/mol. The van der Waals surface area contributed by atoms with E-state index < -0.39 is 5.24 Å². The third kappa shape index (κ3) is 3.78. The average Bonchev–Trinajstić information content (AvgIpc) is 3.05. The van der Waals surface area contributed by atoms with Gasteiger partial charge in [-0.05, 0) is 67.0 Å². The molecular formula is C17H22ClNO2. The van der Waals surface area contributed by atoms with Gasteiger partial charge in [0, 0.05) is 25.2 Å². The monoisotopic (exact) mass is 307 g/mol. The molecule has 0 N–H and O–H groups in total. The van der Waals surface area contributed by atoms with E-state index in [0.717, 1.165) is 37.2 Å². The number of fused-ring (bicyclic) bond motifs is 1. The van der Waals surface area contributed by atoms with Crippen molar-refractivity contribution < 1.29 is 9.53 Å². The van der Waals surface area contributed by atoms with E-state index in [1.165, 1.54) is 32.4 Å². The van der Waals surface area contributed by atoms with Crippen molar-refractivity contribution in [2.45, 2.75) is 25.7 Å². The molecule has 3 rings (SSSR count). The van der Waals surface area contributed by atoms with E-state index in [2.05, 4.69) is 4.90 Å². The summed E-state index contributed by atoms with van der Waals surface area (Å²) < 4.78 is 5.71. The van der Waals surface area contributed by atoms with E-state index in [0.29, 0.717) is 5.56 Å². The summed E-state index contributed by atoms with van der Waals surface area (Å²) in [7, 11) is 0. The van der Waals surface area contributed by atoms with E-state index >= 15 is 0 Å². The molecule has 0 aromatic heterocycles. The van der Waals surface area contributed by atoms with Crippen LogP contribution in [0.3, 0.4) is 0 Å². The van der Waals surface area contributed by atoms with Crippen LogP contribution in [0.5, 0.6) is 5.75 Å². The van der Waals surface area contributed by atoms with Crippen LogP contribution in [0, 0.1) is 11.8 Å². The predicted octanol–water partition coefficient (Wildman–Crippen LogP) is 3.57. The average molecular weight is 308 g/mol. The number of ether oxygens (including phenoxy) is 1. The first-order valence-corrected chi connectivity index (χ1v) is 8.25. The highest BCUT2D eigenvalue weighted by Crippen LogP contribution is 2.37. The Morgan fingerprint density at radius 3 is 2.48 bits per heavy atom. The van der Waals surface area contributed by atoms with Gasteiger partial charge in [-0.1, -0.05) is 6.42 Å². The molecule has 0 bridgehead atoms. The van der Waals surface area contributed by atoms with Crippen molar-refractivity contribution in [2.75, 3.05) is 26.2 Å². The lowest BCUT2D eigenvalue weighted by atomic mass is 10.0. The van der Waals surface area contributed by atoms with E-state index in [9.17, 15) is 4.79 Å². The lowest BCUT2D eigenvalue weighted by Gasteiger charge is -2.16. The van der Waals surface area contributed by atoms with Gasteiger partial charge in [0.2, 0.25) is 0 Å². The number of nitrogens with zero attached hydrogens (tertiary/aromatic N) is 1. The second-order valence-corrected chi connectivity index (χ2v) is 6.55. The van der Waals surface area contributed by atoms with Crippen molar-refractivity contribution in [2.24, 2.45) is 11.8 Å². The Kier molecular flexibility index (Phi) is 4.81. The van der Waals surface area contributed by atoms with E-state index in [1.54, 1.807) is 24.3 Å². The van der Waals surface area contributed by atoms with Gasteiger partial charge >= 0.3 is 0 Å². The number of likely N-dealkylation sites (tertiary alicyclic amines) is 1. The first-order chi connectivity index (χ1) is 10.2. The minimum atomic E-state index is -0.430. The molecule has 0 unspecified atom stereocenters. The Balaban J connectivity index is 1.36. The summed E-state index contributed by atoms with van der Waals surface area (Å²) in [4.78, 5) is 13.6. The molecule has 2 fully saturated rings. The Labute approximate surface area is 131 Å². The SMILES string of the molecule is O=C(Cl)c1ccc(OCCCN2C[C@@H]3CCC[C@H]3C2)cc1. The summed E-state index contributed by atoms with van der Waals surface area (Å²) in [5.74, 6) is 2.73. The molecule has 1 aromatic carbocycles. The van der Waals surface area contributed by atoms with Crippen LogP contribution < -0.4 is 4.74 Å². The topological polar surface area (TPSA) is 29.5 Å². The van der Waals surface area contributed by atoms with Gasteiger partial charge in [0.05, 0.1) is 6.61 Å². The Hall–Kier alpha value is -1.06. The summed E-state index contributed by atoms with van der Waals surface area (Å²) in [6, 6.07) is 7.00. The van der Waals surface area contributed by atoms with Crippen LogP contribution in [0.1, 0.15) is 36.0 Å². The van der Waals surface area contributed by atoms with E-state index in [4.69, 9.17) is 16.3 Å². The molecule has 0 radical (unpaired) electrons. The number of rotatable bonds is 6. The minimum absolute atomic E-state index is 0.430. The maximum atomic E-state index is 11.0. The molecular weight excluding hydrogens is 286 g/mol. The second kappa shape index (κ2) is 6.80. The highest BCUT2D eigenvalue weighted by molar-refractivity contribution is 6.67. The standard InChI is InChI=1S/C17H22ClNO2/c18-17(20)13-5-7-16(8-6-13)21-10-2-9-19-11-14-3-1-4-15(14)12-19/h5-8,14-15H,1-4,9-12H2/t14-,15-/m0/s1. The summed E-state index contributed by atoms with van der Waals surface area (Å²) >= 11 is 5.41. The minimum Gasteiger partial charge on any atom is -0.494 e. The quantitative estimate of drug-likeness (QED) is 0.594. The first kappa shape index (κ1) is 14.9. The number of hydrogen-bond donors (Lipinski definition) is 0.